The van der Waals surface area contributed by atoms with Gasteiger partial charge in [0.1, 0.15) is 6.23 Å². The van der Waals surface area contributed by atoms with Crippen molar-refractivity contribution < 1.29 is 9.90 Å². The standard InChI is InChI=1S/C11H12N2O2/c12-7-6-11(15)13-8-10(14)9-4-2-1-3-5-9/h1-5,11,13,15H,6,8H2. The number of nitriles is 1. The van der Waals surface area contributed by atoms with Crippen LogP contribution in [-0.4, -0.2) is 23.7 Å². The Labute approximate surface area is 88.2 Å². The van der Waals surface area contributed by atoms with E-state index in [0.717, 1.165) is 0 Å². The van der Waals surface area contributed by atoms with Crippen molar-refractivity contribution in [2.45, 2.75) is 12.6 Å². The highest BCUT2D eigenvalue weighted by Crippen LogP contribution is 1.99. The van der Waals surface area contributed by atoms with Gasteiger partial charge in [0.25, 0.3) is 0 Å². The Bertz CT molecular complexity index is 357. The average Bonchev–Trinajstić information content (AvgIpc) is 2.27. The number of ketones is 1. The van der Waals surface area contributed by atoms with Crippen molar-refractivity contribution in [3.05, 3.63) is 35.9 Å². The fourth-order valence-corrected chi connectivity index (χ4v) is 1.10. The number of nitrogens with one attached hydrogen (secondary N) is 1. The third-order valence-electron chi connectivity index (χ3n) is 1.88. The van der Waals surface area contributed by atoms with Crippen LogP contribution in [0.1, 0.15) is 16.8 Å². The van der Waals surface area contributed by atoms with Gasteiger partial charge in [0.15, 0.2) is 5.78 Å². The van der Waals surface area contributed by atoms with E-state index in [4.69, 9.17) is 10.4 Å². The summed E-state index contributed by atoms with van der Waals surface area (Å²) in [6.45, 7) is 0.0346. The first-order chi connectivity index (χ1) is 7.24. The molecule has 2 N–H and O–H groups in total. The van der Waals surface area contributed by atoms with Crippen molar-refractivity contribution in [1.82, 2.24) is 5.32 Å². The Morgan fingerprint density at radius 2 is 2.13 bits per heavy atom. The predicted octanol–water partition coefficient (Wildman–Crippen LogP) is 0.691. The molecule has 1 aromatic carbocycles. The summed E-state index contributed by atoms with van der Waals surface area (Å²) in [6, 6.07) is 10.6. The van der Waals surface area contributed by atoms with E-state index in [9.17, 15) is 4.79 Å². The summed E-state index contributed by atoms with van der Waals surface area (Å²) in [7, 11) is 0. The summed E-state index contributed by atoms with van der Waals surface area (Å²) in [5, 5.41) is 20.0. The first-order valence-corrected chi connectivity index (χ1v) is 4.60. The second-order valence-electron chi connectivity index (χ2n) is 3.05. The number of hydrogen-bond donors (Lipinski definition) is 2. The van der Waals surface area contributed by atoms with E-state index in [2.05, 4.69) is 5.32 Å². The molecule has 0 amide bonds. The Hall–Kier alpha value is -1.70. The van der Waals surface area contributed by atoms with Gasteiger partial charge in [0.2, 0.25) is 0 Å². The monoisotopic (exact) mass is 204 g/mol. The van der Waals surface area contributed by atoms with Crippen LogP contribution in [0.5, 0.6) is 0 Å². The van der Waals surface area contributed by atoms with Crippen LogP contribution in [0.4, 0.5) is 0 Å². The van der Waals surface area contributed by atoms with Gasteiger partial charge < -0.3 is 5.11 Å². The summed E-state index contributed by atoms with van der Waals surface area (Å²) in [4.78, 5) is 11.5. The van der Waals surface area contributed by atoms with Crippen molar-refractivity contribution in [3.8, 4) is 6.07 Å². The molecule has 0 aromatic heterocycles. The van der Waals surface area contributed by atoms with Crippen LogP contribution in [0.3, 0.4) is 0 Å². The minimum Gasteiger partial charge on any atom is -0.378 e. The third kappa shape index (κ3) is 3.90. The van der Waals surface area contributed by atoms with E-state index >= 15 is 0 Å². The zero-order chi connectivity index (χ0) is 11.1. The molecular formula is C11H12N2O2. The highest BCUT2D eigenvalue weighted by molar-refractivity contribution is 5.97. The Balaban J connectivity index is 2.41. The molecule has 0 bridgehead atoms. The SMILES string of the molecule is N#CCC(O)NCC(=O)c1ccccc1. The van der Waals surface area contributed by atoms with Crippen molar-refractivity contribution in [2.24, 2.45) is 0 Å². The molecule has 4 heteroatoms. The molecule has 0 aliphatic carbocycles. The van der Waals surface area contributed by atoms with Gasteiger partial charge in [0, 0.05) is 5.56 Å². The van der Waals surface area contributed by atoms with E-state index in [1.807, 2.05) is 12.1 Å². The number of hydrogen-bond acceptors (Lipinski definition) is 4. The highest BCUT2D eigenvalue weighted by atomic mass is 16.3. The third-order valence-corrected chi connectivity index (χ3v) is 1.88. The topological polar surface area (TPSA) is 73.1 Å². The molecule has 78 valence electrons. The molecule has 15 heavy (non-hydrogen) atoms. The van der Waals surface area contributed by atoms with E-state index < -0.39 is 6.23 Å². The molecule has 0 aliphatic rings. The number of aliphatic hydroxyl groups is 1. The normalized spacial score (nSPS) is 11.7. The van der Waals surface area contributed by atoms with Crippen LogP contribution >= 0.6 is 0 Å². The second kappa shape index (κ2) is 5.91. The fourth-order valence-electron chi connectivity index (χ4n) is 1.10. The highest BCUT2D eigenvalue weighted by Gasteiger charge is 2.07. The molecule has 0 aliphatic heterocycles. The van der Waals surface area contributed by atoms with Gasteiger partial charge in [-0.1, -0.05) is 30.3 Å². The second-order valence-corrected chi connectivity index (χ2v) is 3.05. The number of benzene rings is 1. The van der Waals surface area contributed by atoms with Crippen molar-refractivity contribution in [2.75, 3.05) is 6.54 Å². The molecule has 0 spiro atoms. The van der Waals surface area contributed by atoms with Gasteiger partial charge in [-0.15, -0.1) is 0 Å². The molecule has 0 fully saturated rings. The Kier molecular flexibility index (Phi) is 4.48. The number of rotatable bonds is 5. The molecule has 0 saturated carbocycles. The van der Waals surface area contributed by atoms with E-state index in [-0.39, 0.29) is 18.7 Å². The lowest BCUT2D eigenvalue weighted by Crippen LogP contribution is -2.33. The van der Waals surface area contributed by atoms with Gasteiger partial charge in [-0.3, -0.25) is 10.1 Å². The summed E-state index contributed by atoms with van der Waals surface area (Å²) in [5.41, 5.74) is 0.592. The predicted molar refractivity (Wildman–Crippen MR) is 55.0 cm³/mol. The largest absolute Gasteiger partial charge is 0.378 e. The van der Waals surface area contributed by atoms with Crippen LogP contribution < -0.4 is 5.32 Å². The van der Waals surface area contributed by atoms with Gasteiger partial charge in [0.05, 0.1) is 19.0 Å². The molecule has 0 radical (unpaired) electrons. The number of aliphatic hydroxyl groups excluding tert-OH is 1. The van der Waals surface area contributed by atoms with Crippen LogP contribution in [-0.2, 0) is 0 Å². The first-order valence-electron chi connectivity index (χ1n) is 4.60. The molecule has 1 unspecified atom stereocenters. The molecule has 4 nitrogen and oxygen atoms in total. The van der Waals surface area contributed by atoms with Crippen LogP contribution in [0.15, 0.2) is 30.3 Å². The van der Waals surface area contributed by atoms with E-state index in [0.29, 0.717) is 5.56 Å². The number of carbonyl (C=O) groups excluding carboxylic acids is 1. The molecular weight excluding hydrogens is 192 g/mol. The Morgan fingerprint density at radius 3 is 2.73 bits per heavy atom. The number of nitrogens with zero attached hydrogens (tertiary/aromatic N) is 1. The lowest BCUT2D eigenvalue weighted by molar-refractivity contribution is 0.0930. The lowest BCUT2D eigenvalue weighted by Gasteiger charge is -2.07. The van der Waals surface area contributed by atoms with Gasteiger partial charge in [-0.2, -0.15) is 5.26 Å². The van der Waals surface area contributed by atoms with Crippen LogP contribution in [0, 0.1) is 11.3 Å². The van der Waals surface area contributed by atoms with Gasteiger partial charge in [-0.25, -0.2) is 0 Å². The maximum atomic E-state index is 11.5. The number of carbonyl (C=O) groups is 1. The molecule has 1 aromatic rings. The molecule has 0 saturated heterocycles. The summed E-state index contributed by atoms with van der Waals surface area (Å²) in [6.07, 6.45) is -0.968. The van der Waals surface area contributed by atoms with Crippen molar-refractivity contribution in [3.63, 3.8) is 0 Å². The van der Waals surface area contributed by atoms with E-state index in [1.165, 1.54) is 0 Å². The van der Waals surface area contributed by atoms with Crippen LogP contribution in [0.25, 0.3) is 0 Å². The summed E-state index contributed by atoms with van der Waals surface area (Å²) < 4.78 is 0. The van der Waals surface area contributed by atoms with Gasteiger partial charge in [-0.05, 0) is 0 Å². The maximum Gasteiger partial charge on any atom is 0.176 e. The maximum absolute atomic E-state index is 11.5. The smallest absolute Gasteiger partial charge is 0.176 e. The average molecular weight is 204 g/mol. The van der Waals surface area contributed by atoms with E-state index in [1.54, 1.807) is 24.3 Å². The quantitative estimate of drug-likeness (QED) is 0.546. The minimum atomic E-state index is -0.942. The molecule has 0 heterocycles. The molecule has 1 atom stereocenters. The van der Waals surface area contributed by atoms with Crippen molar-refractivity contribution in [1.29, 1.82) is 5.26 Å². The summed E-state index contributed by atoms with van der Waals surface area (Å²) in [5.74, 6) is -0.104. The fraction of sp³-hybridized carbons (Fsp3) is 0.273. The zero-order valence-electron chi connectivity index (χ0n) is 8.18. The first kappa shape index (κ1) is 11.4. The van der Waals surface area contributed by atoms with Gasteiger partial charge >= 0.3 is 0 Å². The lowest BCUT2D eigenvalue weighted by atomic mass is 10.1. The van der Waals surface area contributed by atoms with Crippen LogP contribution in [0.2, 0.25) is 0 Å². The minimum absolute atomic E-state index is 0.0257. The van der Waals surface area contributed by atoms with Crippen molar-refractivity contribution >= 4 is 5.78 Å². The Morgan fingerprint density at radius 1 is 1.47 bits per heavy atom. The number of Topliss-reactive ketones (excluding diaryl/α,β-unsaturated/α-hetero) is 1. The zero-order valence-corrected chi connectivity index (χ0v) is 8.18. The molecule has 1 rings (SSSR count). The summed E-state index contributed by atoms with van der Waals surface area (Å²) >= 11 is 0.